The summed E-state index contributed by atoms with van der Waals surface area (Å²) < 4.78 is 1.63. The normalized spacial score (nSPS) is 18.3. The highest BCUT2D eigenvalue weighted by Gasteiger charge is 2.29. The van der Waals surface area contributed by atoms with Crippen molar-refractivity contribution in [2.24, 2.45) is 7.05 Å². The van der Waals surface area contributed by atoms with Gasteiger partial charge in [0.2, 0.25) is 0 Å². The number of fused-ring (bicyclic) bond motifs is 2. The lowest BCUT2D eigenvalue weighted by Gasteiger charge is -2.22. The largest absolute Gasteiger partial charge is 0.341 e. The van der Waals surface area contributed by atoms with E-state index in [-0.39, 0.29) is 11.6 Å². The standard InChI is InChI=1S/C18H19N7O/c1-24-17-11(9-19-24)18(26)23-15(22-17)10-25-8-4-7-14(25)16-20-12-5-2-3-6-13(12)21-16/h2-3,5-6,9,14H,4,7-8,10H2,1H3,(H,20,21)(H,22,23,26)/t14-/m0/s1. The molecule has 2 N–H and O–H groups in total. The van der Waals surface area contributed by atoms with Gasteiger partial charge in [-0.25, -0.2) is 9.97 Å². The van der Waals surface area contributed by atoms with Crippen LogP contribution >= 0.6 is 0 Å². The average molecular weight is 349 g/mol. The van der Waals surface area contributed by atoms with Crippen molar-refractivity contribution in [1.82, 2.24) is 34.6 Å². The Hall–Kier alpha value is -3.00. The molecule has 1 aliphatic heterocycles. The van der Waals surface area contributed by atoms with E-state index in [2.05, 4.69) is 25.0 Å². The minimum atomic E-state index is -0.141. The molecule has 5 rings (SSSR count). The summed E-state index contributed by atoms with van der Waals surface area (Å²) in [5, 5.41) is 4.64. The number of aromatic amines is 2. The molecule has 0 unspecified atom stereocenters. The predicted octanol–water partition coefficient (Wildman–Crippen LogP) is 1.87. The van der Waals surface area contributed by atoms with Crippen molar-refractivity contribution >= 4 is 22.1 Å². The minimum Gasteiger partial charge on any atom is -0.341 e. The Morgan fingerprint density at radius 2 is 2.12 bits per heavy atom. The maximum absolute atomic E-state index is 12.3. The molecule has 26 heavy (non-hydrogen) atoms. The average Bonchev–Trinajstić information content (AvgIpc) is 3.33. The van der Waals surface area contributed by atoms with Gasteiger partial charge in [0, 0.05) is 7.05 Å². The van der Waals surface area contributed by atoms with Gasteiger partial charge in [0.05, 0.1) is 29.8 Å². The highest BCUT2D eigenvalue weighted by atomic mass is 16.1. The lowest BCUT2D eigenvalue weighted by Crippen LogP contribution is -2.26. The maximum Gasteiger partial charge on any atom is 0.262 e. The molecule has 1 aromatic carbocycles. The van der Waals surface area contributed by atoms with E-state index in [4.69, 9.17) is 4.98 Å². The Kier molecular flexibility index (Phi) is 3.39. The Balaban J connectivity index is 1.47. The van der Waals surface area contributed by atoms with Crippen LogP contribution in [0, 0.1) is 0 Å². The van der Waals surface area contributed by atoms with Gasteiger partial charge < -0.3 is 9.97 Å². The maximum atomic E-state index is 12.3. The van der Waals surface area contributed by atoms with Crippen LogP contribution in [0.3, 0.4) is 0 Å². The van der Waals surface area contributed by atoms with Gasteiger partial charge in [-0.05, 0) is 31.5 Å². The summed E-state index contributed by atoms with van der Waals surface area (Å²) in [7, 11) is 1.80. The topological polar surface area (TPSA) is 95.5 Å². The number of aromatic nitrogens is 6. The van der Waals surface area contributed by atoms with Crippen molar-refractivity contribution < 1.29 is 0 Å². The number of nitrogens with zero attached hydrogens (tertiary/aromatic N) is 5. The summed E-state index contributed by atoms with van der Waals surface area (Å²) in [5.41, 5.74) is 2.51. The van der Waals surface area contributed by atoms with Gasteiger partial charge in [-0.15, -0.1) is 0 Å². The first kappa shape index (κ1) is 15.3. The molecular formula is C18H19N7O. The molecule has 1 fully saturated rings. The van der Waals surface area contributed by atoms with Crippen molar-refractivity contribution in [2.45, 2.75) is 25.4 Å². The fraction of sp³-hybridized carbons (Fsp3) is 0.333. The van der Waals surface area contributed by atoms with Crippen LogP contribution in [-0.2, 0) is 13.6 Å². The van der Waals surface area contributed by atoms with Gasteiger partial charge in [-0.3, -0.25) is 14.4 Å². The summed E-state index contributed by atoms with van der Waals surface area (Å²) in [5.74, 6) is 1.64. The molecule has 0 bridgehead atoms. The Morgan fingerprint density at radius 3 is 3.00 bits per heavy atom. The van der Waals surface area contributed by atoms with Crippen LogP contribution in [0.25, 0.3) is 22.1 Å². The van der Waals surface area contributed by atoms with Gasteiger partial charge in [-0.1, -0.05) is 12.1 Å². The smallest absolute Gasteiger partial charge is 0.262 e. The van der Waals surface area contributed by atoms with Gasteiger partial charge in [0.15, 0.2) is 5.65 Å². The Morgan fingerprint density at radius 1 is 1.23 bits per heavy atom. The number of likely N-dealkylation sites (tertiary alicyclic amines) is 1. The van der Waals surface area contributed by atoms with Crippen LogP contribution in [0.15, 0.2) is 35.3 Å². The van der Waals surface area contributed by atoms with Gasteiger partial charge in [0.25, 0.3) is 5.56 Å². The number of hydrogen-bond donors (Lipinski definition) is 2. The van der Waals surface area contributed by atoms with Crippen molar-refractivity contribution in [3.8, 4) is 0 Å². The zero-order valence-corrected chi connectivity index (χ0v) is 14.4. The molecule has 8 nitrogen and oxygen atoms in total. The molecule has 0 spiro atoms. The molecule has 1 atom stereocenters. The zero-order chi connectivity index (χ0) is 17.7. The first-order valence-electron chi connectivity index (χ1n) is 8.78. The van der Waals surface area contributed by atoms with Crippen LogP contribution in [0.2, 0.25) is 0 Å². The lowest BCUT2D eigenvalue weighted by atomic mass is 10.2. The molecule has 3 aromatic heterocycles. The number of rotatable bonds is 3. The molecule has 1 aliphatic rings. The molecule has 4 heterocycles. The second-order valence-electron chi connectivity index (χ2n) is 6.79. The fourth-order valence-corrected chi connectivity index (χ4v) is 3.80. The summed E-state index contributed by atoms with van der Waals surface area (Å²) in [4.78, 5) is 30.3. The number of aryl methyl sites for hydroxylation is 1. The number of imidazole rings is 1. The Bertz CT molecular complexity index is 1120. The Labute approximate surface area is 148 Å². The van der Waals surface area contributed by atoms with E-state index in [1.807, 2.05) is 24.3 Å². The van der Waals surface area contributed by atoms with Crippen LogP contribution < -0.4 is 5.56 Å². The fourth-order valence-electron chi connectivity index (χ4n) is 3.80. The van der Waals surface area contributed by atoms with Crippen LogP contribution in [0.4, 0.5) is 0 Å². The second kappa shape index (κ2) is 5.77. The summed E-state index contributed by atoms with van der Waals surface area (Å²) >= 11 is 0. The quantitative estimate of drug-likeness (QED) is 0.589. The van der Waals surface area contributed by atoms with Crippen molar-refractivity contribution in [1.29, 1.82) is 0 Å². The highest BCUT2D eigenvalue weighted by molar-refractivity contribution is 5.75. The third kappa shape index (κ3) is 2.41. The van der Waals surface area contributed by atoms with E-state index in [1.165, 1.54) is 0 Å². The third-order valence-corrected chi connectivity index (χ3v) is 5.09. The van der Waals surface area contributed by atoms with Crippen molar-refractivity contribution in [2.75, 3.05) is 6.54 Å². The highest BCUT2D eigenvalue weighted by Crippen LogP contribution is 2.32. The molecule has 0 saturated carbocycles. The lowest BCUT2D eigenvalue weighted by molar-refractivity contribution is 0.235. The van der Waals surface area contributed by atoms with Crippen LogP contribution in [0.5, 0.6) is 0 Å². The van der Waals surface area contributed by atoms with E-state index in [1.54, 1.807) is 17.9 Å². The number of para-hydroxylation sites is 2. The van der Waals surface area contributed by atoms with Crippen LogP contribution in [0.1, 0.15) is 30.5 Å². The number of hydrogen-bond acceptors (Lipinski definition) is 5. The molecule has 8 heteroatoms. The number of benzene rings is 1. The molecule has 0 amide bonds. The molecule has 4 aromatic rings. The van der Waals surface area contributed by atoms with E-state index in [0.717, 1.165) is 36.2 Å². The van der Waals surface area contributed by atoms with Gasteiger partial charge in [-0.2, -0.15) is 5.10 Å². The van der Waals surface area contributed by atoms with Gasteiger partial charge >= 0.3 is 0 Å². The third-order valence-electron chi connectivity index (χ3n) is 5.09. The van der Waals surface area contributed by atoms with E-state index in [0.29, 0.717) is 23.4 Å². The first-order chi connectivity index (χ1) is 12.7. The first-order valence-corrected chi connectivity index (χ1v) is 8.78. The molecule has 0 aliphatic carbocycles. The van der Waals surface area contributed by atoms with E-state index < -0.39 is 0 Å². The monoisotopic (exact) mass is 349 g/mol. The van der Waals surface area contributed by atoms with Crippen LogP contribution in [-0.4, -0.2) is 41.2 Å². The number of H-pyrrole nitrogens is 2. The van der Waals surface area contributed by atoms with Crippen molar-refractivity contribution in [3.63, 3.8) is 0 Å². The predicted molar refractivity (Wildman–Crippen MR) is 97.6 cm³/mol. The summed E-state index contributed by atoms with van der Waals surface area (Å²) in [6.45, 7) is 1.53. The van der Waals surface area contributed by atoms with Gasteiger partial charge in [0.1, 0.15) is 17.0 Å². The number of nitrogens with one attached hydrogen (secondary N) is 2. The summed E-state index contributed by atoms with van der Waals surface area (Å²) in [6, 6.07) is 8.27. The molecule has 1 saturated heterocycles. The molecule has 132 valence electrons. The second-order valence-corrected chi connectivity index (χ2v) is 6.79. The zero-order valence-electron chi connectivity index (χ0n) is 14.4. The molecule has 0 radical (unpaired) electrons. The van der Waals surface area contributed by atoms with E-state index in [9.17, 15) is 4.79 Å². The minimum absolute atomic E-state index is 0.141. The SMILES string of the molecule is Cn1ncc2c(=O)[nH]c(CN3CCC[C@H]3c3nc4ccccc4[nH]3)nc21. The summed E-state index contributed by atoms with van der Waals surface area (Å²) in [6.07, 6.45) is 3.69. The van der Waals surface area contributed by atoms with E-state index >= 15 is 0 Å². The van der Waals surface area contributed by atoms with Crippen molar-refractivity contribution in [3.05, 3.63) is 52.5 Å². The molecular weight excluding hydrogens is 330 g/mol.